The molecule has 0 fully saturated rings. The molecule has 0 amide bonds. The van der Waals surface area contributed by atoms with E-state index in [4.69, 9.17) is 5.73 Å². The van der Waals surface area contributed by atoms with E-state index >= 15 is 0 Å². The molecule has 94 valence electrons. The molecule has 0 saturated carbocycles. The van der Waals surface area contributed by atoms with Gasteiger partial charge in [0, 0.05) is 19.6 Å². The van der Waals surface area contributed by atoms with Gasteiger partial charge in [-0.2, -0.15) is 0 Å². The topological polar surface area (TPSA) is 63.4 Å². The number of nitrogens with zero attached hydrogens (tertiary/aromatic N) is 1. The van der Waals surface area contributed by atoms with Crippen molar-refractivity contribution in [1.82, 2.24) is 0 Å². The van der Waals surface area contributed by atoms with Crippen molar-refractivity contribution in [1.29, 1.82) is 0 Å². The van der Waals surface area contributed by atoms with E-state index in [1.807, 2.05) is 19.9 Å². The molecule has 0 unspecified atom stereocenters. The molecule has 2 rings (SSSR count). The largest absolute Gasteiger partial charge is 0.368 e. The van der Waals surface area contributed by atoms with Crippen LogP contribution in [-0.2, 0) is 9.84 Å². The quantitative estimate of drug-likeness (QED) is 0.850. The van der Waals surface area contributed by atoms with Gasteiger partial charge in [-0.05, 0) is 31.0 Å². The van der Waals surface area contributed by atoms with E-state index in [9.17, 15) is 8.42 Å². The van der Waals surface area contributed by atoms with Crippen LogP contribution in [0.25, 0.3) is 0 Å². The fourth-order valence-electron chi connectivity index (χ4n) is 2.25. The number of hydrogen-bond acceptors (Lipinski definition) is 4. The molecule has 1 aliphatic rings. The number of hydrogen-bond donors (Lipinski definition) is 1. The summed E-state index contributed by atoms with van der Waals surface area (Å²) in [6, 6.07) is 3.59. The van der Waals surface area contributed by atoms with Crippen LogP contribution in [0.3, 0.4) is 0 Å². The number of anilines is 1. The summed E-state index contributed by atoms with van der Waals surface area (Å²) in [5.74, 6) is 0.183. The molecule has 0 aliphatic carbocycles. The molecular weight excluding hydrogens is 236 g/mol. The normalized spacial score (nSPS) is 17.9. The minimum Gasteiger partial charge on any atom is -0.368 e. The van der Waals surface area contributed by atoms with Gasteiger partial charge < -0.3 is 10.6 Å². The van der Waals surface area contributed by atoms with E-state index in [1.165, 1.54) is 0 Å². The first-order valence-electron chi connectivity index (χ1n) is 5.75. The predicted octanol–water partition coefficient (Wildman–Crippen LogP) is 0.856. The average Bonchev–Trinajstić information content (AvgIpc) is 2.27. The third-order valence-corrected chi connectivity index (χ3v) is 5.06. The molecule has 1 heterocycles. The van der Waals surface area contributed by atoms with Crippen LogP contribution in [-0.4, -0.2) is 33.8 Å². The molecule has 1 aromatic carbocycles. The third-order valence-electron chi connectivity index (χ3n) is 3.35. The summed E-state index contributed by atoms with van der Waals surface area (Å²) in [7, 11) is -3.12. The van der Waals surface area contributed by atoms with Gasteiger partial charge in [-0.1, -0.05) is 6.07 Å². The van der Waals surface area contributed by atoms with Crippen LogP contribution in [0.15, 0.2) is 17.0 Å². The number of nitrogens with two attached hydrogens (primary N) is 1. The standard InChI is InChI=1S/C12H18N2O2S/c1-9-3-4-11-12(10(9)2)14(6-5-13)7-8-17(11,15)16/h3-4H,5-8,13H2,1-2H3. The predicted molar refractivity (Wildman–Crippen MR) is 69.2 cm³/mol. The van der Waals surface area contributed by atoms with Crippen LogP contribution < -0.4 is 10.6 Å². The molecule has 0 spiro atoms. The van der Waals surface area contributed by atoms with E-state index in [-0.39, 0.29) is 5.75 Å². The van der Waals surface area contributed by atoms with Crippen molar-refractivity contribution in [2.75, 3.05) is 30.3 Å². The Morgan fingerprint density at radius 1 is 1.35 bits per heavy atom. The zero-order chi connectivity index (χ0) is 12.6. The zero-order valence-corrected chi connectivity index (χ0v) is 11.0. The van der Waals surface area contributed by atoms with E-state index in [2.05, 4.69) is 4.90 Å². The molecular formula is C12H18N2O2S. The lowest BCUT2D eigenvalue weighted by Gasteiger charge is -2.32. The van der Waals surface area contributed by atoms with Gasteiger partial charge in [-0.15, -0.1) is 0 Å². The van der Waals surface area contributed by atoms with Gasteiger partial charge in [0.1, 0.15) is 0 Å². The van der Waals surface area contributed by atoms with Gasteiger partial charge in [0.05, 0.1) is 16.3 Å². The molecule has 0 saturated heterocycles. The zero-order valence-electron chi connectivity index (χ0n) is 10.2. The molecule has 0 radical (unpaired) electrons. The van der Waals surface area contributed by atoms with Gasteiger partial charge in [0.2, 0.25) is 0 Å². The number of sulfone groups is 1. The summed E-state index contributed by atoms with van der Waals surface area (Å²) in [5.41, 5.74) is 8.58. The first kappa shape index (κ1) is 12.4. The second-order valence-corrected chi connectivity index (χ2v) is 6.53. The van der Waals surface area contributed by atoms with E-state index in [0.29, 0.717) is 24.5 Å². The molecule has 17 heavy (non-hydrogen) atoms. The molecule has 4 nitrogen and oxygen atoms in total. The van der Waals surface area contributed by atoms with E-state index < -0.39 is 9.84 Å². The summed E-state index contributed by atoms with van der Waals surface area (Å²) in [4.78, 5) is 2.54. The van der Waals surface area contributed by atoms with Crippen molar-refractivity contribution >= 4 is 15.5 Å². The Morgan fingerprint density at radius 2 is 2.06 bits per heavy atom. The van der Waals surface area contributed by atoms with Gasteiger partial charge in [0.25, 0.3) is 0 Å². The Bertz CT molecular complexity index is 538. The van der Waals surface area contributed by atoms with Gasteiger partial charge in [0.15, 0.2) is 9.84 Å². The molecule has 1 aromatic rings. The summed E-state index contributed by atoms with van der Waals surface area (Å²) in [6.45, 7) is 5.74. The highest BCUT2D eigenvalue weighted by Crippen LogP contribution is 2.34. The summed E-state index contributed by atoms with van der Waals surface area (Å²) >= 11 is 0. The molecule has 1 aliphatic heterocycles. The first-order chi connectivity index (χ1) is 7.97. The lowest BCUT2D eigenvalue weighted by Crippen LogP contribution is -2.39. The Hall–Kier alpha value is -1.07. The average molecular weight is 254 g/mol. The molecule has 2 N–H and O–H groups in total. The lowest BCUT2D eigenvalue weighted by molar-refractivity contribution is 0.589. The Kier molecular flexibility index (Phi) is 3.14. The highest BCUT2D eigenvalue weighted by molar-refractivity contribution is 7.91. The summed E-state index contributed by atoms with van der Waals surface area (Å²) in [5, 5.41) is 0. The molecule has 0 aromatic heterocycles. The van der Waals surface area contributed by atoms with E-state index in [1.54, 1.807) is 6.07 Å². The highest BCUT2D eigenvalue weighted by Gasteiger charge is 2.29. The van der Waals surface area contributed by atoms with Crippen molar-refractivity contribution < 1.29 is 8.42 Å². The van der Waals surface area contributed by atoms with Crippen molar-refractivity contribution in [3.63, 3.8) is 0 Å². The number of benzene rings is 1. The van der Waals surface area contributed by atoms with Gasteiger partial charge in [-0.3, -0.25) is 0 Å². The Labute approximate surface area is 102 Å². The third kappa shape index (κ3) is 2.05. The Balaban J connectivity index is 2.65. The number of aryl methyl sites for hydroxylation is 1. The van der Waals surface area contributed by atoms with Crippen molar-refractivity contribution in [2.45, 2.75) is 18.7 Å². The fraction of sp³-hybridized carbons (Fsp3) is 0.500. The van der Waals surface area contributed by atoms with Crippen LogP contribution in [0, 0.1) is 13.8 Å². The van der Waals surface area contributed by atoms with Crippen molar-refractivity contribution in [3.8, 4) is 0 Å². The number of rotatable bonds is 2. The summed E-state index contributed by atoms with van der Waals surface area (Å²) < 4.78 is 24.1. The molecule has 5 heteroatoms. The fourth-order valence-corrected chi connectivity index (χ4v) is 3.78. The SMILES string of the molecule is Cc1ccc2c(c1C)N(CCN)CCS2(=O)=O. The first-order valence-corrected chi connectivity index (χ1v) is 7.40. The summed E-state index contributed by atoms with van der Waals surface area (Å²) in [6.07, 6.45) is 0. The number of fused-ring (bicyclic) bond motifs is 1. The second-order valence-electron chi connectivity index (χ2n) is 4.45. The monoisotopic (exact) mass is 254 g/mol. The smallest absolute Gasteiger partial charge is 0.182 e. The minimum absolute atomic E-state index is 0.183. The Morgan fingerprint density at radius 3 is 2.71 bits per heavy atom. The maximum Gasteiger partial charge on any atom is 0.182 e. The van der Waals surface area contributed by atoms with Crippen LogP contribution in [0.4, 0.5) is 5.69 Å². The maximum atomic E-state index is 12.0. The van der Waals surface area contributed by atoms with Crippen LogP contribution in [0.5, 0.6) is 0 Å². The second kappa shape index (κ2) is 4.31. The van der Waals surface area contributed by atoms with Crippen molar-refractivity contribution in [3.05, 3.63) is 23.3 Å². The van der Waals surface area contributed by atoms with Crippen LogP contribution in [0.2, 0.25) is 0 Å². The van der Waals surface area contributed by atoms with Crippen LogP contribution in [0.1, 0.15) is 11.1 Å². The lowest BCUT2D eigenvalue weighted by atomic mass is 10.1. The molecule has 0 atom stereocenters. The maximum absolute atomic E-state index is 12.0. The minimum atomic E-state index is -3.12. The van der Waals surface area contributed by atoms with Crippen molar-refractivity contribution in [2.24, 2.45) is 5.73 Å². The van der Waals surface area contributed by atoms with Gasteiger partial charge >= 0.3 is 0 Å². The molecule has 0 bridgehead atoms. The van der Waals surface area contributed by atoms with E-state index in [0.717, 1.165) is 16.8 Å². The van der Waals surface area contributed by atoms with Gasteiger partial charge in [-0.25, -0.2) is 8.42 Å². The highest BCUT2D eigenvalue weighted by atomic mass is 32.2. The van der Waals surface area contributed by atoms with Crippen LogP contribution >= 0.6 is 0 Å².